The van der Waals surface area contributed by atoms with Crippen LogP contribution in [0, 0.1) is 5.92 Å². The predicted octanol–water partition coefficient (Wildman–Crippen LogP) is 2.34. The minimum Gasteiger partial charge on any atom is -0.496 e. The van der Waals surface area contributed by atoms with Gasteiger partial charge in [0.15, 0.2) is 0 Å². The van der Waals surface area contributed by atoms with Gasteiger partial charge in [-0.2, -0.15) is 0 Å². The Bertz CT molecular complexity index is 857. The van der Waals surface area contributed by atoms with E-state index in [-0.39, 0.29) is 23.8 Å². The molecule has 1 spiro atoms. The van der Waals surface area contributed by atoms with Gasteiger partial charge in [0.2, 0.25) is 0 Å². The predicted molar refractivity (Wildman–Crippen MR) is 121 cm³/mol. The lowest BCUT2D eigenvalue weighted by Gasteiger charge is -2.37. The minimum absolute atomic E-state index is 0.0336. The van der Waals surface area contributed by atoms with E-state index in [0.29, 0.717) is 43.8 Å². The van der Waals surface area contributed by atoms with Gasteiger partial charge < -0.3 is 19.9 Å². The first-order valence-corrected chi connectivity index (χ1v) is 11.8. The highest BCUT2D eigenvalue weighted by molar-refractivity contribution is 6.07. The maximum absolute atomic E-state index is 13.2. The average molecular weight is 443 g/mol. The number of nitrogens with one attached hydrogen (secondary N) is 1. The molecule has 1 aromatic rings. The molecule has 4 rings (SSSR count). The van der Waals surface area contributed by atoms with Crippen LogP contribution in [0.4, 0.5) is 4.79 Å². The Labute approximate surface area is 189 Å². The summed E-state index contributed by atoms with van der Waals surface area (Å²) >= 11 is 0. The molecule has 0 saturated carbocycles. The monoisotopic (exact) mass is 442 g/mol. The second-order valence-corrected chi connectivity index (χ2v) is 9.21. The van der Waals surface area contributed by atoms with Crippen LogP contribution in [0.3, 0.4) is 0 Å². The maximum atomic E-state index is 13.2. The van der Waals surface area contributed by atoms with Gasteiger partial charge in [0, 0.05) is 32.7 Å². The Morgan fingerprint density at radius 2 is 1.81 bits per heavy atom. The van der Waals surface area contributed by atoms with Crippen molar-refractivity contribution < 1.29 is 19.1 Å². The molecule has 0 bridgehead atoms. The topological polar surface area (TPSA) is 82.2 Å². The molecule has 4 amide bonds. The second kappa shape index (κ2) is 9.48. The van der Waals surface area contributed by atoms with E-state index in [2.05, 4.69) is 17.1 Å². The maximum Gasteiger partial charge on any atom is 0.325 e. The fraction of sp³-hybridized carbons (Fsp3) is 0.625. The smallest absolute Gasteiger partial charge is 0.325 e. The number of urea groups is 1. The van der Waals surface area contributed by atoms with Crippen molar-refractivity contribution in [3.05, 3.63) is 29.8 Å². The van der Waals surface area contributed by atoms with Gasteiger partial charge in [-0.1, -0.05) is 19.1 Å². The van der Waals surface area contributed by atoms with Crippen LogP contribution < -0.4 is 10.1 Å². The van der Waals surface area contributed by atoms with Gasteiger partial charge in [0.1, 0.15) is 11.3 Å². The summed E-state index contributed by atoms with van der Waals surface area (Å²) in [6, 6.07) is 7.00. The van der Waals surface area contributed by atoms with E-state index in [1.165, 1.54) is 4.90 Å². The third-order valence-electron chi connectivity index (χ3n) is 7.18. The summed E-state index contributed by atoms with van der Waals surface area (Å²) in [6.45, 7) is 6.54. The summed E-state index contributed by atoms with van der Waals surface area (Å²) in [6.07, 6.45) is 4.00. The van der Waals surface area contributed by atoms with E-state index in [9.17, 15) is 14.4 Å². The molecule has 8 heteroatoms. The lowest BCUT2D eigenvalue weighted by Crippen LogP contribution is -2.55. The lowest BCUT2D eigenvalue weighted by atomic mass is 9.87. The number of nitrogens with zero attached hydrogens (tertiary/aromatic N) is 3. The first kappa shape index (κ1) is 22.6. The number of hydrogen-bond donors (Lipinski definition) is 1. The van der Waals surface area contributed by atoms with E-state index in [1.807, 2.05) is 17.0 Å². The quantitative estimate of drug-likeness (QED) is 0.684. The number of likely N-dealkylation sites (tertiary alicyclic amines) is 2. The van der Waals surface area contributed by atoms with Crippen LogP contribution in [-0.4, -0.2) is 84.5 Å². The molecular formula is C24H34N4O4. The molecular weight excluding hydrogens is 408 g/mol. The molecule has 3 fully saturated rings. The second-order valence-electron chi connectivity index (χ2n) is 9.21. The number of imide groups is 1. The van der Waals surface area contributed by atoms with Gasteiger partial charge in [-0.15, -0.1) is 0 Å². The van der Waals surface area contributed by atoms with E-state index in [1.54, 1.807) is 19.2 Å². The van der Waals surface area contributed by atoms with Crippen LogP contribution >= 0.6 is 0 Å². The van der Waals surface area contributed by atoms with Gasteiger partial charge in [-0.25, -0.2) is 4.79 Å². The van der Waals surface area contributed by atoms with Gasteiger partial charge in [0.25, 0.3) is 11.8 Å². The first-order chi connectivity index (χ1) is 15.5. The zero-order valence-electron chi connectivity index (χ0n) is 19.1. The van der Waals surface area contributed by atoms with E-state index in [0.717, 1.165) is 38.9 Å². The van der Waals surface area contributed by atoms with Gasteiger partial charge in [-0.05, 0) is 56.7 Å². The standard InChI is InChI=1S/C24H34N4O4/c1-3-12-26-15-10-24(11-16-26)22(30)28(23(31)25-24)17-18-8-13-27(14-9-18)21(29)19-6-4-5-7-20(19)32-2/h4-7,18H,3,8-17H2,1-2H3,(H,25,31). The Kier molecular flexibility index (Phi) is 6.69. The Morgan fingerprint density at radius 1 is 1.12 bits per heavy atom. The number of carbonyl (C=O) groups is 3. The molecule has 174 valence electrons. The molecule has 0 unspecified atom stereocenters. The summed E-state index contributed by atoms with van der Waals surface area (Å²) in [4.78, 5) is 44.4. The van der Waals surface area contributed by atoms with Crippen molar-refractivity contribution in [1.29, 1.82) is 0 Å². The highest BCUT2D eigenvalue weighted by Gasteiger charge is 2.52. The molecule has 8 nitrogen and oxygen atoms in total. The first-order valence-electron chi connectivity index (χ1n) is 11.8. The molecule has 1 N–H and O–H groups in total. The largest absolute Gasteiger partial charge is 0.496 e. The molecule has 32 heavy (non-hydrogen) atoms. The van der Waals surface area contributed by atoms with Crippen LogP contribution in [0.5, 0.6) is 5.75 Å². The fourth-order valence-electron chi connectivity index (χ4n) is 5.22. The van der Waals surface area contributed by atoms with Crippen molar-refractivity contribution in [3.63, 3.8) is 0 Å². The number of carbonyl (C=O) groups excluding carboxylic acids is 3. The molecule has 0 aliphatic carbocycles. The van der Waals surface area contributed by atoms with E-state index in [4.69, 9.17) is 4.74 Å². The molecule has 3 saturated heterocycles. The Hall–Kier alpha value is -2.61. The molecule has 0 radical (unpaired) electrons. The number of para-hydroxylation sites is 1. The molecule has 3 heterocycles. The third kappa shape index (κ3) is 4.33. The number of methoxy groups -OCH3 is 1. The van der Waals surface area contributed by atoms with Gasteiger partial charge in [0.05, 0.1) is 12.7 Å². The molecule has 3 aliphatic rings. The molecule has 3 aliphatic heterocycles. The Balaban J connectivity index is 1.32. The highest BCUT2D eigenvalue weighted by atomic mass is 16.5. The van der Waals surface area contributed by atoms with Crippen molar-refractivity contribution in [2.75, 3.05) is 46.4 Å². The summed E-state index contributed by atoms with van der Waals surface area (Å²) in [5.41, 5.74) is -0.152. The number of hydrogen-bond acceptors (Lipinski definition) is 5. The molecule has 0 aromatic heterocycles. The van der Waals surface area contributed by atoms with Crippen LogP contribution in [0.15, 0.2) is 24.3 Å². The number of ether oxygens (including phenoxy) is 1. The van der Waals surface area contributed by atoms with Crippen LogP contribution in [0.25, 0.3) is 0 Å². The zero-order valence-corrected chi connectivity index (χ0v) is 19.1. The van der Waals surface area contributed by atoms with E-state index >= 15 is 0 Å². The number of piperidine rings is 2. The van der Waals surface area contributed by atoms with Crippen molar-refractivity contribution in [2.45, 2.75) is 44.6 Å². The van der Waals surface area contributed by atoms with Crippen LogP contribution in [-0.2, 0) is 4.79 Å². The van der Waals surface area contributed by atoms with Crippen LogP contribution in [0.1, 0.15) is 49.4 Å². The summed E-state index contributed by atoms with van der Waals surface area (Å²) < 4.78 is 5.33. The molecule has 1 aromatic carbocycles. The fourth-order valence-corrected chi connectivity index (χ4v) is 5.22. The van der Waals surface area contributed by atoms with Crippen LogP contribution in [0.2, 0.25) is 0 Å². The molecule has 0 atom stereocenters. The SMILES string of the molecule is CCCN1CCC2(CC1)NC(=O)N(CC1CCN(C(=O)c3ccccc3OC)CC1)C2=O. The van der Waals surface area contributed by atoms with Crippen molar-refractivity contribution in [1.82, 2.24) is 20.0 Å². The van der Waals surface area contributed by atoms with Crippen molar-refractivity contribution in [2.24, 2.45) is 5.92 Å². The number of benzene rings is 1. The summed E-state index contributed by atoms with van der Waals surface area (Å²) in [5, 5.41) is 3.01. The Morgan fingerprint density at radius 3 is 2.47 bits per heavy atom. The van der Waals surface area contributed by atoms with Crippen molar-refractivity contribution in [3.8, 4) is 5.75 Å². The van der Waals surface area contributed by atoms with Gasteiger partial charge >= 0.3 is 6.03 Å². The number of amides is 4. The highest BCUT2D eigenvalue weighted by Crippen LogP contribution is 2.31. The van der Waals surface area contributed by atoms with E-state index < -0.39 is 5.54 Å². The summed E-state index contributed by atoms with van der Waals surface area (Å²) in [7, 11) is 1.57. The lowest BCUT2D eigenvalue weighted by molar-refractivity contribution is -0.133. The average Bonchev–Trinajstić information content (AvgIpc) is 3.04. The van der Waals surface area contributed by atoms with Crippen molar-refractivity contribution >= 4 is 17.8 Å². The van der Waals surface area contributed by atoms with Gasteiger partial charge in [-0.3, -0.25) is 14.5 Å². The third-order valence-corrected chi connectivity index (χ3v) is 7.18. The zero-order chi connectivity index (χ0) is 22.7. The minimum atomic E-state index is -0.720. The normalized spacial score (nSPS) is 21.8. The number of rotatable bonds is 6. The summed E-state index contributed by atoms with van der Waals surface area (Å²) in [5.74, 6) is 0.691.